The number of anilines is 1. The predicted octanol–water partition coefficient (Wildman–Crippen LogP) is 1.40. The van der Waals surface area contributed by atoms with Gasteiger partial charge in [-0.25, -0.2) is 5.84 Å². The zero-order chi connectivity index (χ0) is 14.7. The number of rotatable bonds is 5. The highest BCUT2D eigenvalue weighted by molar-refractivity contribution is 8.00. The Morgan fingerprint density at radius 1 is 1.55 bits per heavy atom. The second-order valence-electron chi connectivity index (χ2n) is 4.20. The van der Waals surface area contributed by atoms with Gasteiger partial charge in [0.15, 0.2) is 10.1 Å². The summed E-state index contributed by atoms with van der Waals surface area (Å²) in [4.78, 5) is 13.3. The van der Waals surface area contributed by atoms with E-state index in [4.69, 9.17) is 10.3 Å². The van der Waals surface area contributed by atoms with E-state index in [1.807, 2.05) is 31.3 Å². The van der Waals surface area contributed by atoms with Crippen LogP contribution in [-0.2, 0) is 5.75 Å². The Morgan fingerprint density at radius 3 is 2.90 bits per heavy atom. The zero-order valence-corrected chi connectivity index (χ0v) is 13.0. The van der Waals surface area contributed by atoms with Crippen LogP contribution in [-0.4, -0.2) is 30.2 Å². The molecule has 108 valence electrons. The minimum Gasteiger partial charge on any atom is -0.456 e. The lowest BCUT2D eigenvalue weighted by atomic mass is 10.3. The molecule has 0 saturated heterocycles. The van der Waals surface area contributed by atoms with Crippen molar-refractivity contribution in [2.75, 3.05) is 19.0 Å². The van der Waals surface area contributed by atoms with Crippen LogP contribution in [0.4, 0.5) is 5.13 Å². The van der Waals surface area contributed by atoms with E-state index in [-0.39, 0.29) is 5.76 Å². The SMILES string of the molecule is Cc1oc(C(=O)NN)cc1CSc1nnc(N(C)C)s1. The maximum atomic E-state index is 11.4. The summed E-state index contributed by atoms with van der Waals surface area (Å²) < 4.78 is 6.23. The second kappa shape index (κ2) is 6.25. The number of carbonyl (C=O) groups excluding carboxylic acids is 1. The van der Waals surface area contributed by atoms with Gasteiger partial charge < -0.3 is 9.32 Å². The average molecular weight is 313 g/mol. The first-order valence-electron chi connectivity index (χ1n) is 5.75. The van der Waals surface area contributed by atoms with E-state index >= 15 is 0 Å². The Bertz CT molecular complexity index is 608. The van der Waals surface area contributed by atoms with Crippen molar-refractivity contribution in [2.45, 2.75) is 17.0 Å². The lowest BCUT2D eigenvalue weighted by molar-refractivity contribution is 0.0924. The maximum absolute atomic E-state index is 11.4. The lowest BCUT2D eigenvalue weighted by Crippen LogP contribution is -2.29. The Hall–Kier alpha value is -1.58. The van der Waals surface area contributed by atoms with Gasteiger partial charge >= 0.3 is 5.91 Å². The fourth-order valence-electron chi connectivity index (χ4n) is 1.43. The third-order valence-electron chi connectivity index (χ3n) is 2.50. The smallest absolute Gasteiger partial charge is 0.300 e. The van der Waals surface area contributed by atoms with Crippen molar-refractivity contribution in [3.63, 3.8) is 0 Å². The normalized spacial score (nSPS) is 10.6. The Balaban J connectivity index is 2.03. The Kier molecular flexibility index (Phi) is 4.63. The first kappa shape index (κ1) is 14.8. The summed E-state index contributed by atoms with van der Waals surface area (Å²) in [6, 6.07) is 1.69. The number of amides is 1. The number of aromatic nitrogens is 2. The first-order valence-corrected chi connectivity index (χ1v) is 7.55. The lowest BCUT2D eigenvalue weighted by Gasteiger charge is -2.03. The number of aryl methyl sites for hydroxylation is 1. The van der Waals surface area contributed by atoms with Crippen molar-refractivity contribution in [1.29, 1.82) is 0 Å². The van der Waals surface area contributed by atoms with E-state index in [0.29, 0.717) is 11.5 Å². The molecule has 0 aliphatic rings. The van der Waals surface area contributed by atoms with Crippen molar-refractivity contribution < 1.29 is 9.21 Å². The average Bonchev–Trinajstić information content (AvgIpc) is 3.02. The molecule has 0 unspecified atom stereocenters. The summed E-state index contributed by atoms with van der Waals surface area (Å²) in [5, 5.41) is 9.03. The van der Waals surface area contributed by atoms with Crippen LogP contribution in [0.2, 0.25) is 0 Å². The van der Waals surface area contributed by atoms with Crippen molar-refractivity contribution >= 4 is 34.1 Å². The van der Waals surface area contributed by atoms with Gasteiger partial charge in [-0.2, -0.15) is 0 Å². The summed E-state index contributed by atoms with van der Waals surface area (Å²) in [6.07, 6.45) is 0. The van der Waals surface area contributed by atoms with Crippen LogP contribution < -0.4 is 16.2 Å². The minimum absolute atomic E-state index is 0.215. The zero-order valence-electron chi connectivity index (χ0n) is 11.3. The molecule has 1 amide bonds. The number of nitrogens with one attached hydrogen (secondary N) is 1. The molecule has 0 aliphatic carbocycles. The molecule has 0 fully saturated rings. The van der Waals surface area contributed by atoms with Crippen molar-refractivity contribution in [2.24, 2.45) is 5.84 Å². The molecule has 20 heavy (non-hydrogen) atoms. The van der Waals surface area contributed by atoms with E-state index < -0.39 is 5.91 Å². The minimum atomic E-state index is -0.435. The molecule has 2 heterocycles. The van der Waals surface area contributed by atoms with Gasteiger partial charge in [0.05, 0.1) is 0 Å². The topological polar surface area (TPSA) is 97.3 Å². The molecule has 0 bridgehead atoms. The van der Waals surface area contributed by atoms with Crippen LogP contribution in [0.3, 0.4) is 0 Å². The van der Waals surface area contributed by atoms with Crippen LogP contribution >= 0.6 is 23.1 Å². The maximum Gasteiger partial charge on any atom is 0.300 e. The molecule has 0 saturated carbocycles. The number of hydrogen-bond acceptors (Lipinski definition) is 8. The standard InChI is InChI=1S/C11H15N5O2S2/c1-6-7(4-8(18-6)9(17)13-12)5-19-11-15-14-10(20-11)16(2)3/h4H,5,12H2,1-3H3,(H,13,17). The van der Waals surface area contributed by atoms with Crippen LogP contribution in [0.25, 0.3) is 0 Å². The summed E-state index contributed by atoms with van der Waals surface area (Å²) in [7, 11) is 3.85. The molecule has 7 nitrogen and oxygen atoms in total. The molecule has 9 heteroatoms. The van der Waals surface area contributed by atoms with Crippen molar-refractivity contribution in [1.82, 2.24) is 15.6 Å². The number of nitrogens with two attached hydrogens (primary N) is 1. The summed E-state index contributed by atoms with van der Waals surface area (Å²) >= 11 is 3.07. The van der Waals surface area contributed by atoms with Gasteiger partial charge in [0, 0.05) is 25.4 Å². The molecule has 2 aromatic heterocycles. The van der Waals surface area contributed by atoms with Gasteiger partial charge in [0.2, 0.25) is 5.13 Å². The number of nitrogen functional groups attached to an aromatic ring is 1. The highest BCUT2D eigenvalue weighted by Gasteiger charge is 2.14. The third kappa shape index (κ3) is 3.30. The van der Waals surface area contributed by atoms with E-state index in [1.165, 1.54) is 11.3 Å². The van der Waals surface area contributed by atoms with Crippen molar-refractivity contribution in [3.8, 4) is 0 Å². The molecule has 0 aromatic carbocycles. The number of hydrazine groups is 1. The number of nitrogens with zero attached hydrogens (tertiary/aromatic N) is 3. The summed E-state index contributed by atoms with van der Waals surface area (Å²) in [5.41, 5.74) is 2.99. The molecule has 0 atom stereocenters. The largest absolute Gasteiger partial charge is 0.456 e. The molecular formula is C11H15N5O2S2. The van der Waals surface area contributed by atoms with Gasteiger partial charge in [0.25, 0.3) is 0 Å². The molecule has 3 N–H and O–H groups in total. The Morgan fingerprint density at radius 2 is 2.30 bits per heavy atom. The monoisotopic (exact) mass is 313 g/mol. The van der Waals surface area contributed by atoms with Gasteiger partial charge in [-0.05, 0) is 13.0 Å². The van der Waals surface area contributed by atoms with Gasteiger partial charge in [-0.15, -0.1) is 10.2 Å². The van der Waals surface area contributed by atoms with E-state index in [9.17, 15) is 4.79 Å². The van der Waals surface area contributed by atoms with E-state index in [1.54, 1.807) is 17.8 Å². The fourth-order valence-corrected chi connectivity index (χ4v) is 3.23. The summed E-state index contributed by atoms with van der Waals surface area (Å²) in [6.45, 7) is 1.81. The number of furan rings is 1. The van der Waals surface area contributed by atoms with Crippen LogP contribution in [0.5, 0.6) is 0 Å². The first-order chi connectivity index (χ1) is 9.51. The molecule has 2 rings (SSSR count). The molecule has 0 radical (unpaired) electrons. The second-order valence-corrected chi connectivity index (χ2v) is 6.38. The van der Waals surface area contributed by atoms with Crippen molar-refractivity contribution in [3.05, 3.63) is 23.2 Å². The fraction of sp³-hybridized carbons (Fsp3) is 0.364. The van der Waals surface area contributed by atoms with Gasteiger partial charge in [-0.1, -0.05) is 23.1 Å². The number of carbonyl (C=O) groups is 1. The molecular weight excluding hydrogens is 298 g/mol. The highest BCUT2D eigenvalue weighted by atomic mass is 32.2. The number of thioether (sulfide) groups is 1. The molecule has 2 aromatic rings. The number of hydrogen-bond donors (Lipinski definition) is 2. The summed E-state index contributed by atoms with van der Waals surface area (Å²) in [5.74, 6) is 6.22. The molecule has 0 spiro atoms. The van der Waals surface area contributed by atoms with Gasteiger partial charge in [0.1, 0.15) is 5.76 Å². The predicted molar refractivity (Wildman–Crippen MR) is 78.9 cm³/mol. The quantitative estimate of drug-likeness (QED) is 0.373. The Labute approximate surface area is 124 Å². The van der Waals surface area contributed by atoms with E-state index in [2.05, 4.69) is 10.2 Å². The third-order valence-corrected chi connectivity index (χ3v) is 4.78. The highest BCUT2D eigenvalue weighted by Crippen LogP contribution is 2.30. The van der Waals surface area contributed by atoms with Crippen LogP contribution in [0, 0.1) is 6.92 Å². The van der Waals surface area contributed by atoms with Gasteiger partial charge in [-0.3, -0.25) is 10.2 Å². The molecule has 0 aliphatic heterocycles. The van der Waals surface area contributed by atoms with Crippen LogP contribution in [0.15, 0.2) is 14.8 Å². The van der Waals surface area contributed by atoms with Crippen LogP contribution in [0.1, 0.15) is 21.9 Å². The van der Waals surface area contributed by atoms with E-state index in [0.717, 1.165) is 15.0 Å².